The third kappa shape index (κ3) is 7.66. The molecule has 0 saturated heterocycles. The van der Waals surface area contributed by atoms with E-state index in [4.69, 9.17) is 32.7 Å². The number of non-ortho nitro benzene ring substituents is 1. The van der Waals surface area contributed by atoms with Crippen molar-refractivity contribution in [1.82, 2.24) is 5.32 Å². The molecule has 10 nitrogen and oxygen atoms in total. The first kappa shape index (κ1) is 27.1. The molecule has 0 aromatic heterocycles. The highest BCUT2D eigenvalue weighted by molar-refractivity contribution is 6.52. The number of nitriles is 1. The van der Waals surface area contributed by atoms with Crippen LogP contribution in [0.1, 0.15) is 39.7 Å². The van der Waals surface area contributed by atoms with Crippen molar-refractivity contribution >= 4 is 46.7 Å². The highest BCUT2D eigenvalue weighted by Gasteiger charge is 2.45. The van der Waals surface area contributed by atoms with Crippen molar-refractivity contribution in [3.8, 4) is 6.07 Å². The van der Waals surface area contributed by atoms with Crippen LogP contribution in [0, 0.1) is 21.4 Å². The van der Waals surface area contributed by atoms with Gasteiger partial charge >= 0.3 is 11.9 Å². The molecule has 0 aliphatic rings. The fourth-order valence-electron chi connectivity index (χ4n) is 2.49. The number of nitro groups is 1. The van der Waals surface area contributed by atoms with Gasteiger partial charge in [-0.25, -0.2) is 9.59 Å². The number of esters is 2. The number of hydrogen-bond acceptors (Lipinski definition) is 8. The number of ether oxygens (including phenoxy) is 2. The molecule has 0 fully saturated rings. The van der Waals surface area contributed by atoms with E-state index in [1.54, 1.807) is 26.8 Å². The zero-order valence-corrected chi connectivity index (χ0v) is 19.4. The summed E-state index contributed by atoms with van der Waals surface area (Å²) in [6, 6.07) is 6.88. The minimum absolute atomic E-state index is 0.00539. The lowest BCUT2D eigenvalue weighted by atomic mass is 9.91. The second-order valence-corrected chi connectivity index (χ2v) is 8.84. The largest absolute Gasteiger partial charge is 0.457 e. The van der Waals surface area contributed by atoms with Gasteiger partial charge in [-0.3, -0.25) is 14.9 Å². The standard InChI is InChI=1S/C20H23Cl2N3O7/c1-5-14(31-17(27)15(21)22)16(26)24-20(11-23,18(28)32-19(2,3)4)10-12-6-8-13(9-7-12)25(29)30/h6-9,14-15H,5,10H2,1-4H3,(H,24,26). The maximum Gasteiger partial charge on any atom is 0.347 e. The lowest BCUT2D eigenvalue weighted by Gasteiger charge is -2.31. The summed E-state index contributed by atoms with van der Waals surface area (Å²) in [6.07, 6.45) is -1.74. The summed E-state index contributed by atoms with van der Waals surface area (Å²) in [6.45, 7) is 6.28. The van der Waals surface area contributed by atoms with E-state index in [0.717, 1.165) is 0 Å². The molecule has 0 saturated carbocycles. The number of alkyl halides is 2. The number of carbonyl (C=O) groups is 3. The molecule has 0 bridgehead atoms. The minimum atomic E-state index is -2.21. The smallest absolute Gasteiger partial charge is 0.347 e. The van der Waals surface area contributed by atoms with E-state index < -0.39 is 44.8 Å². The van der Waals surface area contributed by atoms with Crippen molar-refractivity contribution < 1.29 is 28.8 Å². The van der Waals surface area contributed by atoms with Crippen molar-refractivity contribution in [3.05, 3.63) is 39.9 Å². The van der Waals surface area contributed by atoms with Gasteiger partial charge in [-0.15, -0.1) is 0 Å². The average molecular weight is 488 g/mol. The van der Waals surface area contributed by atoms with Crippen LogP contribution in [-0.4, -0.2) is 44.8 Å². The van der Waals surface area contributed by atoms with Crippen LogP contribution in [-0.2, 0) is 30.3 Å². The maximum atomic E-state index is 13.0. The topological polar surface area (TPSA) is 149 Å². The molecule has 12 heteroatoms. The molecule has 1 N–H and O–H groups in total. The zero-order valence-electron chi connectivity index (χ0n) is 17.9. The average Bonchev–Trinajstić information content (AvgIpc) is 2.69. The molecule has 0 spiro atoms. The van der Waals surface area contributed by atoms with E-state index >= 15 is 0 Å². The van der Waals surface area contributed by atoms with Gasteiger partial charge in [0.15, 0.2) is 6.10 Å². The Morgan fingerprint density at radius 1 is 1.22 bits per heavy atom. The van der Waals surface area contributed by atoms with Crippen molar-refractivity contribution in [3.63, 3.8) is 0 Å². The summed E-state index contributed by atoms with van der Waals surface area (Å²) < 4.78 is 10.3. The molecule has 0 aliphatic carbocycles. The van der Waals surface area contributed by atoms with Crippen LogP contribution in [0.25, 0.3) is 0 Å². The molecule has 0 radical (unpaired) electrons. The molecule has 1 rings (SSSR count). The monoisotopic (exact) mass is 487 g/mol. The predicted molar refractivity (Wildman–Crippen MR) is 115 cm³/mol. The van der Waals surface area contributed by atoms with Gasteiger partial charge in [0, 0.05) is 18.6 Å². The first-order chi connectivity index (χ1) is 14.7. The normalized spacial score (nSPS) is 13.9. The minimum Gasteiger partial charge on any atom is -0.457 e. The van der Waals surface area contributed by atoms with Gasteiger partial charge in [-0.2, -0.15) is 5.26 Å². The third-order valence-electron chi connectivity index (χ3n) is 3.99. The van der Waals surface area contributed by atoms with Gasteiger partial charge in [0.05, 0.1) is 4.92 Å². The molecule has 0 aliphatic heterocycles. The number of nitro benzene ring substituents is 1. The molecule has 2 atom stereocenters. The molecular weight excluding hydrogens is 465 g/mol. The summed E-state index contributed by atoms with van der Waals surface area (Å²) in [5, 5.41) is 23.1. The molecule has 1 aromatic rings. The van der Waals surface area contributed by atoms with Crippen LogP contribution < -0.4 is 5.32 Å². The SMILES string of the molecule is CCC(OC(=O)C(Cl)Cl)C(=O)NC(C#N)(Cc1ccc([N+](=O)[O-])cc1)C(=O)OC(C)(C)C. The Bertz CT molecular complexity index is 907. The number of benzene rings is 1. The van der Waals surface area contributed by atoms with Crippen LogP contribution in [0.3, 0.4) is 0 Å². The van der Waals surface area contributed by atoms with Crippen molar-refractivity contribution in [2.75, 3.05) is 0 Å². The number of nitrogens with zero attached hydrogens (tertiary/aromatic N) is 2. The van der Waals surface area contributed by atoms with E-state index in [1.165, 1.54) is 31.2 Å². The van der Waals surface area contributed by atoms with Gasteiger partial charge in [0.25, 0.3) is 11.6 Å². The Labute approximate surface area is 194 Å². The van der Waals surface area contributed by atoms with Crippen LogP contribution in [0.4, 0.5) is 5.69 Å². The number of carbonyl (C=O) groups excluding carboxylic acids is 3. The zero-order chi connectivity index (χ0) is 24.7. The lowest BCUT2D eigenvalue weighted by Crippen LogP contribution is -2.59. The molecule has 174 valence electrons. The van der Waals surface area contributed by atoms with Gasteiger partial charge in [0.2, 0.25) is 10.4 Å². The fourth-order valence-corrected chi connectivity index (χ4v) is 2.59. The van der Waals surface area contributed by atoms with Gasteiger partial charge in [-0.05, 0) is 32.8 Å². The first-order valence-electron chi connectivity index (χ1n) is 9.43. The van der Waals surface area contributed by atoms with Crippen LogP contribution in [0.5, 0.6) is 0 Å². The van der Waals surface area contributed by atoms with Crippen molar-refractivity contribution in [2.45, 2.75) is 62.6 Å². The Morgan fingerprint density at radius 2 is 1.78 bits per heavy atom. The van der Waals surface area contributed by atoms with Gasteiger partial charge in [-0.1, -0.05) is 42.3 Å². The Balaban J connectivity index is 3.30. The highest BCUT2D eigenvalue weighted by Crippen LogP contribution is 2.22. The van der Waals surface area contributed by atoms with Gasteiger partial charge in [0.1, 0.15) is 11.7 Å². The van der Waals surface area contributed by atoms with Crippen LogP contribution in [0.15, 0.2) is 24.3 Å². The fraction of sp³-hybridized carbons (Fsp3) is 0.500. The van der Waals surface area contributed by atoms with Crippen molar-refractivity contribution in [1.29, 1.82) is 5.26 Å². The maximum absolute atomic E-state index is 13.0. The Morgan fingerprint density at radius 3 is 2.19 bits per heavy atom. The molecule has 0 heterocycles. The Kier molecular flexibility index (Phi) is 9.42. The number of hydrogen-bond donors (Lipinski definition) is 1. The first-order valence-corrected chi connectivity index (χ1v) is 10.3. The van der Waals surface area contributed by atoms with E-state index in [0.29, 0.717) is 5.56 Å². The molecule has 32 heavy (non-hydrogen) atoms. The molecule has 1 amide bonds. The van der Waals surface area contributed by atoms with Crippen molar-refractivity contribution in [2.24, 2.45) is 0 Å². The van der Waals surface area contributed by atoms with E-state index in [9.17, 15) is 29.8 Å². The van der Waals surface area contributed by atoms with E-state index in [-0.39, 0.29) is 18.5 Å². The number of nitrogens with one attached hydrogen (secondary N) is 1. The summed E-state index contributed by atoms with van der Waals surface area (Å²) in [4.78, 5) is 46.2. The highest BCUT2D eigenvalue weighted by atomic mass is 35.5. The quantitative estimate of drug-likeness (QED) is 0.241. The third-order valence-corrected chi connectivity index (χ3v) is 4.35. The number of rotatable bonds is 9. The lowest BCUT2D eigenvalue weighted by molar-refractivity contribution is -0.384. The summed E-state index contributed by atoms with van der Waals surface area (Å²) in [7, 11) is 0. The van der Waals surface area contributed by atoms with Gasteiger partial charge < -0.3 is 14.8 Å². The Hall–Kier alpha value is -2.90. The van der Waals surface area contributed by atoms with Crippen LogP contribution >= 0.6 is 23.2 Å². The molecule has 2 unspecified atom stereocenters. The predicted octanol–water partition coefficient (Wildman–Crippen LogP) is 2.98. The van der Waals surface area contributed by atoms with E-state index in [2.05, 4.69) is 5.32 Å². The number of halogens is 2. The molecular formula is C20H23Cl2N3O7. The van der Waals surface area contributed by atoms with Crippen LogP contribution in [0.2, 0.25) is 0 Å². The summed E-state index contributed by atoms with van der Waals surface area (Å²) in [5.74, 6) is -3.05. The van der Waals surface area contributed by atoms with E-state index in [1.807, 2.05) is 0 Å². The summed E-state index contributed by atoms with van der Waals surface area (Å²) in [5.41, 5.74) is -3.04. The number of amides is 1. The molecule has 1 aromatic carbocycles. The second kappa shape index (κ2) is 11.1. The summed E-state index contributed by atoms with van der Waals surface area (Å²) >= 11 is 10.9. The second-order valence-electron chi connectivity index (χ2n) is 7.74.